The lowest BCUT2D eigenvalue weighted by Gasteiger charge is -2.19. The van der Waals surface area contributed by atoms with Crippen molar-refractivity contribution in [2.24, 2.45) is 0 Å². The van der Waals surface area contributed by atoms with Crippen LogP contribution in [0.25, 0.3) is 10.9 Å². The van der Waals surface area contributed by atoms with Crippen molar-refractivity contribution in [3.05, 3.63) is 17.4 Å². The number of anilines is 1. The van der Waals surface area contributed by atoms with Gasteiger partial charge in [-0.2, -0.15) is 4.98 Å². The highest BCUT2D eigenvalue weighted by atomic mass is 35.5. The molecule has 0 aliphatic heterocycles. The largest absolute Gasteiger partial charge is 0.493 e. The van der Waals surface area contributed by atoms with E-state index >= 15 is 0 Å². The minimum absolute atomic E-state index is 0.180. The second-order valence-corrected chi connectivity index (χ2v) is 8.41. The predicted molar refractivity (Wildman–Crippen MR) is 119 cm³/mol. The summed E-state index contributed by atoms with van der Waals surface area (Å²) >= 11 is 6.07. The Balaban J connectivity index is 1.88. The Morgan fingerprint density at radius 1 is 1.13 bits per heavy atom. The van der Waals surface area contributed by atoms with Crippen LogP contribution in [0.2, 0.25) is 5.28 Å². The van der Waals surface area contributed by atoms with Gasteiger partial charge in [-0.25, -0.2) is 9.78 Å². The van der Waals surface area contributed by atoms with E-state index in [0.717, 1.165) is 24.6 Å². The van der Waals surface area contributed by atoms with Gasteiger partial charge < -0.3 is 24.4 Å². The van der Waals surface area contributed by atoms with Crippen LogP contribution in [-0.2, 0) is 4.74 Å². The van der Waals surface area contributed by atoms with Crippen molar-refractivity contribution in [1.82, 2.24) is 15.3 Å². The first-order valence-corrected chi connectivity index (χ1v) is 10.3. The van der Waals surface area contributed by atoms with Gasteiger partial charge in [0.25, 0.3) is 0 Å². The third-order valence-corrected chi connectivity index (χ3v) is 4.27. The summed E-state index contributed by atoms with van der Waals surface area (Å²) in [5, 5.41) is 3.77. The number of carbonyl (C=O) groups is 1. The van der Waals surface area contributed by atoms with Gasteiger partial charge in [0.2, 0.25) is 5.28 Å². The highest BCUT2D eigenvalue weighted by Crippen LogP contribution is 2.35. The molecule has 0 bridgehead atoms. The SMILES string of the molecule is COc1cc2c(N(C)C)nc(Cl)nc2cc1OCCCCCNC(=O)OC(C)(C)C. The summed E-state index contributed by atoms with van der Waals surface area (Å²) in [5.74, 6) is 1.94. The number of rotatable bonds is 9. The van der Waals surface area contributed by atoms with Gasteiger partial charge in [0, 0.05) is 32.1 Å². The second-order valence-electron chi connectivity index (χ2n) is 8.07. The number of aromatic nitrogens is 2. The molecular weight excluding hydrogens is 408 g/mol. The van der Waals surface area contributed by atoms with Gasteiger partial charge in [0.05, 0.1) is 19.2 Å². The van der Waals surface area contributed by atoms with E-state index in [1.54, 1.807) is 7.11 Å². The number of nitrogens with zero attached hydrogens (tertiary/aromatic N) is 3. The monoisotopic (exact) mass is 438 g/mol. The van der Waals surface area contributed by atoms with Crippen LogP contribution in [0.4, 0.5) is 10.6 Å². The average molecular weight is 439 g/mol. The number of amides is 1. The Bertz CT molecular complexity index is 868. The van der Waals surface area contributed by atoms with Crippen molar-refractivity contribution in [3.8, 4) is 11.5 Å². The number of unbranched alkanes of at least 4 members (excludes halogenated alkanes) is 2. The number of methoxy groups -OCH3 is 1. The van der Waals surface area contributed by atoms with Crippen molar-refractivity contribution in [3.63, 3.8) is 0 Å². The maximum Gasteiger partial charge on any atom is 0.407 e. The van der Waals surface area contributed by atoms with E-state index in [4.69, 9.17) is 25.8 Å². The fourth-order valence-corrected chi connectivity index (χ4v) is 2.97. The average Bonchev–Trinajstić information content (AvgIpc) is 2.64. The molecule has 2 aromatic rings. The number of hydrogen-bond donors (Lipinski definition) is 1. The number of halogens is 1. The van der Waals surface area contributed by atoms with Crippen molar-refractivity contribution in [2.75, 3.05) is 39.3 Å². The number of ether oxygens (including phenoxy) is 3. The summed E-state index contributed by atoms with van der Waals surface area (Å²) in [5.41, 5.74) is 0.204. The second kappa shape index (κ2) is 10.5. The Labute approximate surface area is 182 Å². The summed E-state index contributed by atoms with van der Waals surface area (Å²) in [4.78, 5) is 22.1. The van der Waals surface area contributed by atoms with Crippen LogP contribution >= 0.6 is 11.6 Å². The van der Waals surface area contributed by atoms with Crippen molar-refractivity contribution < 1.29 is 19.0 Å². The minimum Gasteiger partial charge on any atom is -0.493 e. The fourth-order valence-electron chi connectivity index (χ4n) is 2.80. The molecule has 0 fully saturated rings. The molecule has 8 nitrogen and oxygen atoms in total. The van der Waals surface area contributed by atoms with E-state index in [1.165, 1.54) is 0 Å². The molecule has 30 heavy (non-hydrogen) atoms. The summed E-state index contributed by atoms with van der Waals surface area (Å²) in [6.07, 6.45) is 2.19. The van der Waals surface area contributed by atoms with E-state index in [-0.39, 0.29) is 5.28 Å². The third-order valence-electron chi connectivity index (χ3n) is 4.10. The molecule has 0 atom stereocenters. The first kappa shape index (κ1) is 23.8. The van der Waals surface area contributed by atoms with Crippen molar-refractivity contribution in [1.29, 1.82) is 0 Å². The molecule has 0 saturated carbocycles. The number of carbonyl (C=O) groups excluding carboxylic acids is 1. The van der Waals surface area contributed by atoms with Crippen LogP contribution in [0.15, 0.2) is 12.1 Å². The van der Waals surface area contributed by atoms with E-state index in [1.807, 2.05) is 51.9 Å². The lowest BCUT2D eigenvalue weighted by Crippen LogP contribution is -2.33. The van der Waals surface area contributed by atoms with Gasteiger partial charge in [-0.15, -0.1) is 0 Å². The first-order valence-electron chi connectivity index (χ1n) is 9.93. The highest BCUT2D eigenvalue weighted by Gasteiger charge is 2.16. The van der Waals surface area contributed by atoms with Crippen LogP contribution in [0, 0.1) is 0 Å². The fraction of sp³-hybridized carbons (Fsp3) is 0.571. The number of alkyl carbamates (subject to hydrolysis) is 1. The van der Waals surface area contributed by atoms with Crippen molar-refractivity contribution >= 4 is 34.4 Å². The molecule has 1 N–H and O–H groups in total. The molecule has 0 radical (unpaired) electrons. The quantitative estimate of drug-likeness (QED) is 0.457. The molecule has 1 amide bonds. The van der Waals surface area contributed by atoms with E-state index in [9.17, 15) is 4.79 Å². The lowest BCUT2D eigenvalue weighted by molar-refractivity contribution is 0.0527. The van der Waals surface area contributed by atoms with Crippen LogP contribution in [0.5, 0.6) is 11.5 Å². The lowest BCUT2D eigenvalue weighted by atomic mass is 10.2. The highest BCUT2D eigenvalue weighted by molar-refractivity contribution is 6.28. The molecule has 1 aromatic carbocycles. The molecule has 0 saturated heterocycles. The minimum atomic E-state index is -0.487. The Kier molecular flexibility index (Phi) is 8.34. The van der Waals surface area contributed by atoms with E-state index in [2.05, 4.69) is 15.3 Å². The topological polar surface area (TPSA) is 85.8 Å². The van der Waals surface area contributed by atoms with E-state index in [0.29, 0.717) is 36.0 Å². The predicted octanol–water partition coefficient (Wildman–Crippen LogP) is 4.43. The number of nitrogens with one attached hydrogen (secondary N) is 1. The van der Waals surface area contributed by atoms with Gasteiger partial charge >= 0.3 is 6.09 Å². The maximum absolute atomic E-state index is 11.6. The molecule has 0 unspecified atom stereocenters. The zero-order valence-electron chi connectivity index (χ0n) is 18.5. The molecule has 0 aliphatic carbocycles. The Morgan fingerprint density at radius 2 is 1.87 bits per heavy atom. The molecule has 1 aromatic heterocycles. The molecular formula is C21H31ClN4O4. The normalized spacial score (nSPS) is 11.3. The van der Waals surface area contributed by atoms with Crippen molar-refractivity contribution in [2.45, 2.75) is 45.6 Å². The van der Waals surface area contributed by atoms with Crippen LogP contribution in [-0.4, -0.2) is 56.0 Å². The zero-order chi connectivity index (χ0) is 22.3. The molecule has 2 rings (SSSR count). The summed E-state index contributed by atoms with van der Waals surface area (Å²) in [7, 11) is 5.39. The molecule has 1 heterocycles. The first-order chi connectivity index (χ1) is 14.1. The van der Waals surface area contributed by atoms with Gasteiger partial charge in [-0.1, -0.05) is 0 Å². The maximum atomic E-state index is 11.6. The Hall–Kier alpha value is -2.48. The number of benzene rings is 1. The number of fused-ring (bicyclic) bond motifs is 1. The number of hydrogen-bond acceptors (Lipinski definition) is 7. The van der Waals surface area contributed by atoms with Gasteiger partial charge in [0.15, 0.2) is 11.5 Å². The molecule has 166 valence electrons. The van der Waals surface area contributed by atoms with E-state index < -0.39 is 11.7 Å². The van der Waals surface area contributed by atoms with Gasteiger partial charge in [-0.05, 0) is 57.7 Å². The summed E-state index contributed by atoms with van der Waals surface area (Å²) in [6.45, 7) is 6.61. The van der Waals surface area contributed by atoms with Crippen LogP contribution < -0.4 is 19.7 Å². The summed E-state index contributed by atoms with van der Waals surface area (Å²) < 4.78 is 16.6. The summed E-state index contributed by atoms with van der Waals surface area (Å²) in [6, 6.07) is 3.68. The van der Waals surface area contributed by atoms with Gasteiger partial charge in [0.1, 0.15) is 11.4 Å². The molecule has 0 spiro atoms. The van der Waals surface area contributed by atoms with Crippen LogP contribution in [0.1, 0.15) is 40.0 Å². The zero-order valence-corrected chi connectivity index (χ0v) is 19.3. The molecule has 9 heteroatoms. The Morgan fingerprint density at radius 3 is 2.50 bits per heavy atom. The standard InChI is InChI=1S/C21H31ClN4O4/c1-21(2,3)30-20(27)23-10-8-7-9-11-29-17-13-15-14(12-16(17)28-6)18(26(4)5)25-19(22)24-15/h12-13H,7-11H2,1-6H3,(H,23,27). The third kappa shape index (κ3) is 7.09. The van der Waals surface area contributed by atoms with Crippen LogP contribution in [0.3, 0.4) is 0 Å². The smallest absolute Gasteiger partial charge is 0.407 e. The van der Waals surface area contributed by atoms with Gasteiger partial charge in [-0.3, -0.25) is 0 Å². The molecule has 0 aliphatic rings.